The predicted molar refractivity (Wildman–Crippen MR) is 78.5 cm³/mol. The molecule has 1 aromatic carbocycles. The number of aromatic hydroxyl groups is 1. The van der Waals surface area contributed by atoms with Crippen LogP contribution >= 0.6 is 0 Å². The molecule has 2 heteroatoms. The summed E-state index contributed by atoms with van der Waals surface area (Å²) in [5.74, 6) is 1.22. The van der Waals surface area contributed by atoms with Gasteiger partial charge in [-0.2, -0.15) is 0 Å². The molecule has 1 aliphatic carbocycles. The first-order chi connectivity index (χ1) is 9.21. The number of likely N-dealkylation sites (tertiary alicyclic amines) is 1. The zero-order chi connectivity index (χ0) is 13.3. The molecule has 1 aliphatic heterocycles. The summed E-state index contributed by atoms with van der Waals surface area (Å²) in [6.45, 7) is 2.41. The Bertz CT molecular complexity index is 445. The molecule has 1 N–H and O–H groups in total. The number of fused-ring (bicyclic) bond motifs is 1. The molecule has 19 heavy (non-hydrogen) atoms. The monoisotopic (exact) mass is 259 g/mol. The number of nitrogens with zero attached hydrogens (tertiary/aromatic N) is 1. The van der Waals surface area contributed by atoms with Crippen LogP contribution in [0.2, 0.25) is 0 Å². The van der Waals surface area contributed by atoms with E-state index in [4.69, 9.17) is 0 Å². The molecule has 2 atom stereocenters. The van der Waals surface area contributed by atoms with Crippen molar-refractivity contribution in [1.82, 2.24) is 4.90 Å². The summed E-state index contributed by atoms with van der Waals surface area (Å²) in [5.41, 5.74) is 1.70. The summed E-state index contributed by atoms with van der Waals surface area (Å²) in [6.07, 6.45) is 7.95. The number of phenols is 1. The molecular weight excluding hydrogens is 234 g/mol. The van der Waals surface area contributed by atoms with Crippen molar-refractivity contribution in [2.24, 2.45) is 5.92 Å². The fourth-order valence-corrected chi connectivity index (χ4v) is 4.28. The number of rotatable bonds is 1. The van der Waals surface area contributed by atoms with E-state index in [2.05, 4.69) is 18.0 Å². The highest BCUT2D eigenvalue weighted by Crippen LogP contribution is 2.49. The van der Waals surface area contributed by atoms with Crippen LogP contribution in [-0.2, 0) is 5.41 Å². The van der Waals surface area contributed by atoms with Crippen LogP contribution < -0.4 is 0 Å². The first kappa shape index (κ1) is 13.0. The van der Waals surface area contributed by atoms with E-state index in [1.807, 2.05) is 12.1 Å². The SMILES string of the molecule is CN1CC[C@@H]2CCCC[C@@]2(c2cccc(O)c2)CC1. The average molecular weight is 259 g/mol. The normalized spacial score (nSPS) is 32.6. The van der Waals surface area contributed by atoms with Gasteiger partial charge in [-0.15, -0.1) is 0 Å². The molecule has 3 rings (SSSR count). The van der Waals surface area contributed by atoms with Gasteiger partial charge in [0.1, 0.15) is 5.75 Å². The quantitative estimate of drug-likeness (QED) is 0.833. The summed E-state index contributed by atoms with van der Waals surface area (Å²) in [6, 6.07) is 8.06. The van der Waals surface area contributed by atoms with Gasteiger partial charge in [0, 0.05) is 0 Å². The lowest BCUT2D eigenvalue weighted by molar-refractivity contribution is 0.176. The topological polar surface area (TPSA) is 23.5 Å². The van der Waals surface area contributed by atoms with E-state index >= 15 is 0 Å². The lowest BCUT2D eigenvalue weighted by atomic mass is 9.60. The van der Waals surface area contributed by atoms with Crippen LogP contribution in [0.25, 0.3) is 0 Å². The lowest BCUT2D eigenvalue weighted by Gasteiger charge is -2.44. The van der Waals surface area contributed by atoms with Gasteiger partial charge in [-0.3, -0.25) is 0 Å². The molecule has 2 aliphatic rings. The van der Waals surface area contributed by atoms with Gasteiger partial charge in [-0.05, 0) is 74.8 Å². The molecule has 0 bridgehead atoms. The fraction of sp³-hybridized carbons (Fsp3) is 0.647. The highest BCUT2D eigenvalue weighted by atomic mass is 16.3. The summed E-state index contributed by atoms with van der Waals surface area (Å²) in [5, 5.41) is 9.84. The molecule has 1 heterocycles. The molecular formula is C17H25NO. The largest absolute Gasteiger partial charge is 0.508 e. The van der Waals surface area contributed by atoms with Crippen LogP contribution in [0.4, 0.5) is 0 Å². The van der Waals surface area contributed by atoms with E-state index in [9.17, 15) is 5.11 Å². The molecule has 2 fully saturated rings. The molecule has 1 saturated carbocycles. The maximum absolute atomic E-state index is 9.84. The zero-order valence-corrected chi connectivity index (χ0v) is 11.9. The van der Waals surface area contributed by atoms with Gasteiger partial charge in [0.15, 0.2) is 0 Å². The van der Waals surface area contributed by atoms with E-state index in [0.29, 0.717) is 11.2 Å². The maximum Gasteiger partial charge on any atom is 0.115 e. The molecule has 1 saturated heterocycles. The third kappa shape index (κ3) is 2.38. The van der Waals surface area contributed by atoms with Gasteiger partial charge in [0.05, 0.1) is 0 Å². The fourth-order valence-electron chi connectivity index (χ4n) is 4.28. The smallest absolute Gasteiger partial charge is 0.115 e. The molecule has 0 unspecified atom stereocenters. The van der Waals surface area contributed by atoms with Crippen LogP contribution in [-0.4, -0.2) is 30.1 Å². The Balaban J connectivity index is 2.00. The summed E-state index contributed by atoms with van der Waals surface area (Å²) in [7, 11) is 2.24. The Morgan fingerprint density at radius 3 is 2.89 bits per heavy atom. The number of hydrogen-bond donors (Lipinski definition) is 1. The standard InChI is InChI=1S/C17H25NO/c1-18-11-8-14-5-2-3-9-17(14,10-12-18)15-6-4-7-16(19)13-15/h4,6-7,13-14,19H,2-3,5,8-12H2,1H3/t14-,17+/m0/s1. The molecule has 0 amide bonds. The first-order valence-electron chi connectivity index (χ1n) is 7.69. The number of hydrogen-bond acceptors (Lipinski definition) is 2. The molecule has 1 aromatic rings. The van der Waals surface area contributed by atoms with E-state index in [1.54, 1.807) is 6.07 Å². The minimum atomic E-state index is 0.321. The molecule has 0 radical (unpaired) electrons. The number of benzene rings is 1. The van der Waals surface area contributed by atoms with Crippen molar-refractivity contribution in [2.45, 2.75) is 43.9 Å². The van der Waals surface area contributed by atoms with Crippen molar-refractivity contribution in [2.75, 3.05) is 20.1 Å². The molecule has 0 aromatic heterocycles. The van der Waals surface area contributed by atoms with E-state index < -0.39 is 0 Å². The third-order valence-electron chi connectivity index (χ3n) is 5.43. The van der Waals surface area contributed by atoms with E-state index in [-0.39, 0.29) is 0 Å². The van der Waals surface area contributed by atoms with Crippen LogP contribution in [0, 0.1) is 5.92 Å². The van der Waals surface area contributed by atoms with Crippen molar-refractivity contribution in [3.8, 4) is 5.75 Å². The van der Waals surface area contributed by atoms with E-state index in [0.717, 1.165) is 5.92 Å². The average Bonchev–Trinajstić information content (AvgIpc) is 2.60. The zero-order valence-electron chi connectivity index (χ0n) is 11.9. The second kappa shape index (κ2) is 5.16. The van der Waals surface area contributed by atoms with Crippen LogP contribution in [0.3, 0.4) is 0 Å². The van der Waals surface area contributed by atoms with Gasteiger partial charge >= 0.3 is 0 Å². The van der Waals surface area contributed by atoms with Crippen LogP contribution in [0.15, 0.2) is 24.3 Å². The summed E-state index contributed by atoms with van der Waals surface area (Å²) >= 11 is 0. The van der Waals surface area contributed by atoms with Gasteiger partial charge in [0.2, 0.25) is 0 Å². The Labute approximate surface area is 116 Å². The Morgan fingerprint density at radius 1 is 1.16 bits per heavy atom. The second-order valence-corrected chi connectivity index (χ2v) is 6.49. The van der Waals surface area contributed by atoms with Crippen molar-refractivity contribution in [3.63, 3.8) is 0 Å². The minimum absolute atomic E-state index is 0.321. The predicted octanol–water partition coefficient (Wildman–Crippen LogP) is 3.55. The lowest BCUT2D eigenvalue weighted by Crippen LogP contribution is -2.38. The molecule has 2 nitrogen and oxygen atoms in total. The number of phenolic OH excluding ortho intramolecular Hbond substituents is 1. The van der Waals surface area contributed by atoms with Crippen molar-refractivity contribution in [1.29, 1.82) is 0 Å². The first-order valence-corrected chi connectivity index (χ1v) is 7.69. The maximum atomic E-state index is 9.84. The van der Waals surface area contributed by atoms with Gasteiger partial charge in [0.25, 0.3) is 0 Å². The van der Waals surface area contributed by atoms with Gasteiger partial charge < -0.3 is 10.0 Å². The third-order valence-corrected chi connectivity index (χ3v) is 5.43. The Hall–Kier alpha value is -1.02. The summed E-state index contributed by atoms with van der Waals surface area (Å²) < 4.78 is 0. The Kier molecular flexibility index (Phi) is 3.53. The second-order valence-electron chi connectivity index (χ2n) is 6.49. The Morgan fingerprint density at radius 2 is 2.05 bits per heavy atom. The van der Waals surface area contributed by atoms with Gasteiger partial charge in [-0.25, -0.2) is 0 Å². The molecule has 104 valence electrons. The van der Waals surface area contributed by atoms with Gasteiger partial charge in [-0.1, -0.05) is 25.0 Å². The van der Waals surface area contributed by atoms with Crippen molar-refractivity contribution < 1.29 is 5.11 Å². The van der Waals surface area contributed by atoms with Crippen molar-refractivity contribution in [3.05, 3.63) is 29.8 Å². The van der Waals surface area contributed by atoms with Crippen molar-refractivity contribution >= 4 is 0 Å². The minimum Gasteiger partial charge on any atom is -0.508 e. The highest BCUT2D eigenvalue weighted by molar-refractivity contribution is 5.34. The van der Waals surface area contributed by atoms with E-state index in [1.165, 1.54) is 57.2 Å². The molecule has 0 spiro atoms. The van der Waals surface area contributed by atoms with Crippen LogP contribution in [0.1, 0.15) is 44.1 Å². The summed E-state index contributed by atoms with van der Waals surface area (Å²) in [4.78, 5) is 2.48. The van der Waals surface area contributed by atoms with Crippen LogP contribution in [0.5, 0.6) is 5.75 Å². The highest BCUT2D eigenvalue weighted by Gasteiger charge is 2.43.